The van der Waals surface area contributed by atoms with Crippen molar-refractivity contribution >= 4 is 11.9 Å². The van der Waals surface area contributed by atoms with Crippen LogP contribution in [0.4, 0.5) is 0 Å². The van der Waals surface area contributed by atoms with Crippen LogP contribution in [-0.4, -0.2) is 18.0 Å². The highest BCUT2D eigenvalue weighted by atomic mass is 15.1. The lowest BCUT2D eigenvalue weighted by Gasteiger charge is -2.13. The van der Waals surface area contributed by atoms with Crippen LogP contribution in [0.5, 0.6) is 0 Å². The molecule has 5 heteroatoms. The highest BCUT2D eigenvalue weighted by molar-refractivity contribution is 5.92. The fourth-order valence-corrected chi connectivity index (χ4v) is 1.04. The van der Waals surface area contributed by atoms with Crippen LogP contribution in [0.1, 0.15) is 27.2 Å². The third kappa shape index (κ3) is 5.05. The Morgan fingerprint density at radius 2 is 1.77 bits per heavy atom. The Morgan fingerprint density at radius 3 is 2.08 bits per heavy atom. The van der Waals surface area contributed by atoms with Gasteiger partial charge in [0.25, 0.3) is 0 Å². The summed E-state index contributed by atoms with van der Waals surface area (Å²) in [6, 6.07) is 0.183. The summed E-state index contributed by atoms with van der Waals surface area (Å²) < 4.78 is 0. The number of hydrogen-bond acceptors (Lipinski definition) is 1. The lowest BCUT2D eigenvalue weighted by atomic mass is 10.0. The van der Waals surface area contributed by atoms with Gasteiger partial charge in [-0.25, -0.2) is 4.99 Å². The average molecular weight is 185 g/mol. The Hall–Kier alpha value is -1.26. The van der Waals surface area contributed by atoms with Crippen molar-refractivity contribution in [3.63, 3.8) is 0 Å². The molecule has 13 heavy (non-hydrogen) atoms. The van der Waals surface area contributed by atoms with Crippen molar-refractivity contribution in [1.29, 1.82) is 0 Å². The maximum Gasteiger partial charge on any atom is 0.218 e. The van der Waals surface area contributed by atoms with E-state index in [0.29, 0.717) is 5.92 Å². The van der Waals surface area contributed by atoms with Crippen molar-refractivity contribution in [3.8, 4) is 0 Å². The van der Waals surface area contributed by atoms with Crippen molar-refractivity contribution in [1.82, 2.24) is 0 Å². The van der Waals surface area contributed by atoms with E-state index >= 15 is 0 Å². The average Bonchev–Trinajstić information content (AvgIpc) is 1.98. The van der Waals surface area contributed by atoms with Gasteiger partial charge in [0.15, 0.2) is 5.96 Å². The molecule has 0 aliphatic rings. The molecule has 0 radical (unpaired) electrons. The van der Waals surface area contributed by atoms with Crippen molar-refractivity contribution in [2.75, 3.05) is 0 Å². The first-order valence-electron chi connectivity index (χ1n) is 4.40. The number of nitrogens with zero attached hydrogens (tertiary/aromatic N) is 2. The van der Waals surface area contributed by atoms with Crippen LogP contribution in [0, 0.1) is 5.92 Å². The van der Waals surface area contributed by atoms with E-state index in [-0.39, 0.29) is 18.0 Å². The minimum Gasteiger partial charge on any atom is -0.370 e. The van der Waals surface area contributed by atoms with Gasteiger partial charge in [-0.05, 0) is 12.3 Å². The van der Waals surface area contributed by atoms with E-state index < -0.39 is 0 Å². The molecule has 0 bridgehead atoms. The molecule has 0 aliphatic carbocycles. The normalized spacial score (nSPS) is 14.3. The Balaban J connectivity index is 4.42. The van der Waals surface area contributed by atoms with Crippen molar-refractivity contribution < 1.29 is 0 Å². The lowest BCUT2D eigenvalue weighted by Crippen LogP contribution is -2.27. The van der Waals surface area contributed by atoms with Gasteiger partial charge in [-0.1, -0.05) is 20.8 Å². The van der Waals surface area contributed by atoms with Crippen LogP contribution in [0.3, 0.4) is 0 Å². The van der Waals surface area contributed by atoms with Crippen LogP contribution in [0.2, 0.25) is 0 Å². The van der Waals surface area contributed by atoms with Gasteiger partial charge in [0.2, 0.25) is 5.96 Å². The molecule has 1 unspecified atom stereocenters. The molecule has 1 atom stereocenters. The zero-order valence-electron chi connectivity index (χ0n) is 8.49. The Labute approximate surface area is 79.1 Å². The number of rotatable bonds is 3. The first-order chi connectivity index (χ1) is 5.97. The van der Waals surface area contributed by atoms with Crippen molar-refractivity contribution in [3.05, 3.63) is 0 Å². The second-order valence-corrected chi connectivity index (χ2v) is 3.24. The van der Waals surface area contributed by atoms with Crippen LogP contribution in [0.15, 0.2) is 9.98 Å². The second-order valence-electron chi connectivity index (χ2n) is 3.24. The van der Waals surface area contributed by atoms with Gasteiger partial charge in [0.1, 0.15) is 0 Å². The van der Waals surface area contributed by atoms with Crippen molar-refractivity contribution in [2.24, 2.45) is 33.1 Å². The molecular formula is C8H19N5. The van der Waals surface area contributed by atoms with Gasteiger partial charge < -0.3 is 17.2 Å². The van der Waals surface area contributed by atoms with E-state index in [4.69, 9.17) is 17.2 Å². The van der Waals surface area contributed by atoms with E-state index in [1.807, 2.05) is 0 Å². The number of aliphatic imine (C=N–C) groups is 2. The zero-order valence-corrected chi connectivity index (χ0v) is 8.49. The minimum absolute atomic E-state index is 0.0557. The zero-order chi connectivity index (χ0) is 10.4. The summed E-state index contributed by atoms with van der Waals surface area (Å²) in [7, 11) is 0. The Morgan fingerprint density at radius 1 is 1.23 bits per heavy atom. The summed E-state index contributed by atoms with van der Waals surface area (Å²) in [5.41, 5.74) is 15.8. The summed E-state index contributed by atoms with van der Waals surface area (Å²) in [6.07, 6.45) is 0.929. The van der Waals surface area contributed by atoms with Gasteiger partial charge in [-0.3, -0.25) is 0 Å². The van der Waals surface area contributed by atoms with Crippen LogP contribution >= 0.6 is 0 Å². The first-order valence-corrected chi connectivity index (χ1v) is 4.40. The van der Waals surface area contributed by atoms with Crippen LogP contribution in [-0.2, 0) is 0 Å². The monoisotopic (exact) mass is 185 g/mol. The molecule has 0 aliphatic heterocycles. The van der Waals surface area contributed by atoms with E-state index in [2.05, 4.69) is 30.8 Å². The molecule has 0 aromatic heterocycles. The smallest absolute Gasteiger partial charge is 0.218 e. The number of hydrogen-bond donors (Lipinski definition) is 3. The Kier molecular flexibility index (Phi) is 4.87. The highest BCUT2D eigenvalue weighted by Gasteiger charge is 2.09. The van der Waals surface area contributed by atoms with Gasteiger partial charge >= 0.3 is 0 Å². The van der Waals surface area contributed by atoms with Crippen LogP contribution < -0.4 is 17.2 Å². The molecular weight excluding hydrogens is 166 g/mol. The van der Waals surface area contributed by atoms with Crippen LogP contribution in [0.25, 0.3) is 0 Å². The molecule has 0 spiro atoms. The topological polar surface area (TPSA) is 103 Å². The third-order valence-electron chi connectivity index (χ3n) is 1.73. The summed E-state index contributed by atoms with van der Waals surface area (Å²) in [4.78, 5) is 7.83. The molecule has 0 aromatic carbocycles. The van der Waals surface area contributed by atoms with E-state index in [1.54, 1.807) is 0 Å². The van der Waals surface area contributed by atoms with Gasteiger partial charge in [0.05, 0.1) is 6.04 Å². The predicted octanol–water partition coefficient (Wildman–Crippen LogP) is 0.00910. The molecule has 5 nitrogen and oxygen atoms in total. The lowest BCUT2D eigenvalue weighted by molar-refractivity contribution is 0.482. The van der Waals surface area contributed by atoms with Gasteiger partial charge in [-0.2, -0.15) is 4.99 Å². The van der Waals surface area contributed by atoms with E-state index in [0.717, 1.165) is 6.42 Å². The fourth-order valence-electron chi connectivity index (χ4n) is 1.04. The van der Waals surface area contributed by atoms with Crippen molar-refractivity contribution in [2.45, 2.75) is 33.2 Å². The highest BCUT2D eigenvalue weighted by Crippen LogP contribution is 2.09. The molecule has 0 saturated heterocycles. The molecule has 0 aromatic rings. The summed E-state index contributed by atoms with van der Waals surface area (Å²) in [6.45, 7) is 6.22. The Bertz CT molecular complexity index is 203. The fraction of sp³-hybridized carbons (Fsp3) is 0.750. The molecule has 0 rings (SSSR count). The molecule has 76 valence electrons. The maximum absolute atomic E-state index is 5.49. The van der Waals surface area contributed by atoms with E-state index in [9.17, 15) is 0 Å². The molecule has 0 heterocycles. The van der Waals surface area contributed by atoms with Gasteiger partial charge in [-0.15, -0.1) is 0 Å². The molecule has 0 saturated carbocycles. The number of guanidine groups is 2. The molecule has 0 fully saturated rings. The third-order valence-corrected chi connectivity index (χ3v) is 1.73. The summed E-state index contributed by atoms with van der Waals surface area (Å²) in [5, 5.41) is 0. The first kappa shape index (κ1) is 11.7. The SMILES string of the molecule is CCC(N=C(N)N=C(N)N)C(C)C. The molecule has 6 N–H and O–H groups in total. The minimum atomic E-state index is -0.0557. The molecule has 0 amide bonds. The summed E-state index contributed by atoms with van der Waals surface area (Å²) >= 11 is 0. The standard InChI is InChI=1S/C8H19N5/c1-4-6(5(2)3)12-8(11)13-7(9)10/h5-6H,4H2,1-3H3,(H6,9,10,11,12,13). The van der Waals surface area contributed by atoms with Gasteiger partial charge in [0, 0.05) is 0 Å². The quantitative estimate of drug-likeness (QED) is 0.426. The number of nitrogens with two attached hydrogens (primary N) is 3. The predicted molar refractivity (Wildman–Crippen MR) is 56.3 cm³/mol. The largest absolute Gasteiger partial charge is 0.370 e. The van der Waals surface area contributed by atoms with E-state index in [1.165, 1.54) is 0 Å². The maximum atomic E-state index is 5.49. The summed E-state index contributed by atoms with van der Waals surface area (Å²) in [5.74, 6) is 0.540. The second kappa shape index (κ2) is 5.40.